The zero-order chi connectivity index (χ0) is 20.3. The average molecular weight is 395 g/mol. The number of aliphatic hydroxyl groups is 1. The molecule has 0 spiro atoms. The lowest BCUT2D eigenvalue weighted by molar-refractivity contribution is -0.125. The Labute approximate surface area is 162 Å². The maximum atomic E-state index is 12.9. The molecule has 2 fully saturated rings. The number of urea groups is 1. The largest absolute Gasteiger partial charge is 0.388 e. The summed E-state index contributed by atoms with van der Waals surface area (Å²) in [5.41, 5.74) is 0.453. The van der Waals surface area contributed by atoms with Crippen LogP contribution in [-0.4, -0.2) is 60.2 Å². The quantitative estimate of drug-likeness (QED) is 0.578. The molecule has 8 nitrogen and oxygen atoms in total. The molecule has 5 atom stereocenters. The lowest BCUT2D eigenvalue weighted by Crippen LogP contribution is -2.42. The van der Waals surface area contributed by atoms with E-state index in [1.165, 1.54) is 24.3 Å². The third-order valence-corrected chi connectivity index (χ3v) is 4.71. The summed E-state index contributed by atoms with van der Waals surface area (Å²) in [5.74, 6) is -0.481. The van der Waals surface area contributed by atoms with Gasteiger partial charge in [0, 0.05) is 24.7 Å². The van der Waals surface area contributed by atoms with Crippen LogP contribution in [0, 0.1) is 5.82 Å². The van der Waals surface area contributed by atoms with Gasteiger partial charge in [-0.25, -0.2) is 9.18 Å². The van der Waals surface area contributed by atoms with E-state index in [1.807, 2.05) is 13.8 Å². The van der Waals surface area contributed by atoms with E-state index in [0.29, 0.717) is 12.1 Å². The van der Waals surface area contributed by atoms with Crippen LogP contribution >= 0.6 is 0 Å². The second-order valence-corrected chi connectivity index (χ2v) is 7.43. The van der Waals surface area contributed by atoms with Crippen LogP contribution in [0.4, 0.5) is 14.9 Å². The van der Waals surface area contributed by atoms with E-state index in [9.17, 15) is 19.1 Å². The Balaban J connectivity index is 1.42. The Kier molecular flexibility index (Phi) is 6.48. The number of ether oxygens (including phenoxy) is 2. The second-order valence-electron chi connectivity index (χ2n) is 7.43. The molecular weight excluding hydrogens is 369 g/mol. The topological polar surface area (TPSA) is 109 Å². The van der Waals surface area contributed by atoms with Crippen molar-refractivity contribution in [2.75, 3.05) is 11.9 Å². The second kappa shape index (κ2) is 8.85. The highest BCUT2D eigenvalue weighted by Gasteiger charge is 2.50. The molecule has 2 aliphatic rings. The molecule has 3 amide bonds. The van der Waals surface area contributed by atoms with Crippen LogP contribution < -0.4 is 16.0 Å². The maximum Gasteiger partial charge on any atom is 0.319 e. The van der Waals surface area contributed by atoms with Gasteiger partial charge in [-0.3, -0.25) is 4.79 Å². The van der Waals surface area contributed by atoms with Crippen LogP contribution in [0.25, 0.3) is 0 Å². The van der Waals surface area contributed by atoms with Crippen molar-refractivity contribution in [3.8, 4) is 0 Å². The Bertz CT molecular complexity index is 699. The molecule has 0 bridgehead atoms. The molecule has 0 aromatic heterocycles. The minimum atomic E-state index is -0.894. The normalized spacial score (nSPS) is 28.8. The zero-order valence-electron chi connectivity index (χ0n) is 15.9. The number of benzene rings is 1. The Hall–Kier alpha value is -2.23. The molecule has 0 saturated carbocycles. The van der Waals surface area contributed by atoms with Crippen molar-refractivity contribution in [3.05, 3.63) is 30.1 Å². The summed E-state index contributed by atoms with van der Waals surface area (Å²) >= 11 is 0. The predicted molar refractivity (Wildman–Crippen MR) is 99.3 cm³/mol. The van der Waals surface area contributed by atoms with Crippen molar-refractivity contribution in [1.29, 1.82) is 0 Å². The average Bonchev–Trinajstić information content (AvgIpc) is 3.13. The van der Waals surface area contributed by atoms with Gasteiger partial charge in [0.2, 0.25) is 5.91 Å². The van der Waals surface area contributed by atoms with Crippen molar-refractivity contribution in [1.82, 2.24) is 10.6 Å². The number of carbonyl (C=O) groups excluding carboxylic acids is 2. The van der Waals surface area contributed by atoms with Gasteiger partial charge in [-0.2, -0.15) is 0 Å². The van der Waals surface area contributed by atoms with Gasteiger partial charge in [0.05, 0.1) is 18.6 Å². The van der Waals surface area contributed by atoms with Gasteiger partial charge in [-0.15, -0.1) is 0 Å². The highest BCUT2D eigenvalue weighted by Crippen LogP contribution is 2.35. The maximum absolute atomic E-state index is 12.9. The number of aliphatic hydroxyl groups excluding tert-OH is 1. The molecule has 2 heterocycles. The summed E-state index contributed by atoms with van der Waals surface area (Å²) in [7, 11) is 0. The van der Waals surface area contributed by atoms with Crippen molar-refractivity contribution in [2.24, 2.45) is 0 Å². The first-order valence-corrected chi connectivity index (χ1v) is 9.40. The SMILES string of the molecule is CC(C)NC(=O)CC1CC2OC(CNC(=O)Nc3ccc(F)cc3)C(O)C2O1. The van der Waals surface area contributed by atoms with Gasteiger partial charge < -0.3 is 30.5 Å². The first-order chi connectivity index (χ1) is 13.3. The van der Waals surface area contributed by atoms with E-state index in [4.69, 9.17) is 9.47 Å². The number of nitrogens with one attached hydrogen (secondary N) is 3. The first kappa shape index (κ1) is 20.5. The molecule has 2 saturated heterocycles. The van der Waals surface area contributed by atoms with Crippen LogP contribution in [0.2, 0.25) is 0 Å². The highest BCUT2D eigenvalue weighted by atomic mass is 19.1. The molecule has 28 heavy (non-hydrogen) atoms. The van der Waals surface area contributed by atoms with E-state index in [1.54, 1.807) is 0 Å². The number of rotatable bonds is 6. The fraction of sp³-hybridized carbons (Fsp3) is 0.579. The van der Waals surface area contributed by atoms with Crippen molar-refractivity contribution >= 4 is 17.6 Å². The number of amides is 3. The summed E-state index contributed by atoms with van der Waals surface area (Å²) in [4.78, 5) is 23.8. The van der Waals surface area contributed by atoms with E-state index in [2.05, 4.69) is 16.0 Å². The molecular formula is C19H26FN3O5. The Morgan fingerprint density at radius 1 is 1.25 bits per heavy atom. The van der Waals surface area contributed by atoms with Crippen LogP contribution in [0.3, 0.4) is 0 Å². The van der Waals surface area contributed by atoms with Gasteiger partial charge in [0.25, 0.3) is 0 Å². The molecule has 3 rings (SSSR count). The lowest BCUT2D eigenvalue weighted by Gasteiger charge is -2.20. The molecule has 0 aliphatic carbocycles. The number of hydrogen-bond donors (Lipinski definition) is 4. The summed E-state index contributed by atoms with van der Waals surface area (Å²) < 4.78 is 24.5. The van der Waals surface area contributed by atoms with Gasteiger partial charge in [-0.05, 0) is 38.1 Å². The molecule has 4 N–H and O–H groups in total. The standard InChI is InChI=1S/C19H26FN3O5/c1-10(2)22-16(24)8-13-7-14-18(27-13)17(25)15(28-14)9-21-19(26)23-12-5-3-11(20)4-6-12/h3-6,10,13-15,17-18,25H,7-9H2,1-2H3,(H,22,24)(H2,21,23,26). The zero-order valence-corrected chi connectivity index (χ0v) is 15.9. The Morgan fingerprint density at radius 3 is 2.61 bits per heavy atom. The number of halogens is 1. The van der Waals surface area contributed by atoms with Gasteiger partial charge in [0.15, 0.2) is 0 Å². The molecule has 5 unspecified atom stereocenters. The summed E-state index contributed by atoms with van der Waals surface area (Å²) in [6.07, 6.45) is -1.86. The minimum Gasteiger partial charge on any atom is -0.388 e. The summed E-state index contributed by atoms with van der Waals surface area (Å²) in [6.45, 7) is 3.88. The summed E-state index contributed by atoms with van der Waals surface area (Å²) in [5, 5.41) is 18.4. The molecule has 1 aromatic rings. The van der Waals surface area contributed by atoms with E-state index in [0.717, 1.165) is 0 Å². The number of hydrogen-bond acceptors (Lipinski definition) is 5. The van der Waals surface area contributed by atoms with Gasteiger partial charge >= 0.3 is 6.03 Å². The monoisotopic (exact) mass is 395 g/mol. The third kappa shape index (κ3) is 5.18. The molecule has 154 valence electrons. The fourth-order valence-corrected chi connectivity index (χ4v) is 3.50. The number of fused-ring (bicyclic) bond motifs is 1. The summed E-state index contributed by atoms with van der Waals surface area (Å²) in [6, 6.07) is 4.97. The van der Waals surface area contributed by atoms with Crippen LogP contribution in [0.15, 0.2) is 24.3 Å². The van der Waals surface area contributed by atoms with Crippen LogP contribution in [0.5, 0.6) is 0 Å². The molecule has 9 heteroatoms. The molecule has 2 aliphatic heterocycles. The minimum absolute atomic E-state index is 0.0618. The smallest absolute Gasteiger partial charge is 0.319 e. The van der Waals surface area contributed by atoms with E-state index < -0.39 is 24.3 Å². The van der Waals surface area contributed by atoms with Crippen molar-refractivity contribution < 1.29 is 28.6 Å². The number of carbonyl (C=O) groups is 2. The number of anilines is 1. The third-order valence-electron chi connectivity index (χ3n) is 4.71. The predicted octanol–water partition coefficient (Wildman–Crippen LogP) is 1.15. The Morgan fingerprint density at radius 2 is 1.96 bits per heavy atom. The van der Waals surface area contributed by atoms with Crippen LogP contribution in [0.1, 0.15) is 26.7 Å². The highest BCUT2D eigenvalue weighted by molar-refractivity contribution is 5.89. The van der Waals surface area contributed by atoms with Crippen molar-refractivity contribution in [3.63, 3.8) is 0 Å². The van der Waals surface area contributed by atoms with Gasteiger partial charge in [0.1, 0.15) is 24.1 Å². The first-order valence-electron chi connectivity index (χ1n) is 9.40. The van der Waals surface area contributed by atoms with Crippen molar-refractivity contribution in [2.45, 2.75) is 63.3 Å². The lowest BCUT2D eigenvalue weighted by atomic mass is 10.1. The molecule has 0 radical (unpaired) electrons. The fourth-order valence-electron chi connectivity index (χ4n) is 3.50. The van der Waals surface area contributed by atoms with E-state index >= 15 is 0 Å². The van der Waals surface area contributed by atoms with Gasteiger partial charge in [-0.1, -0.05) is 0 Å². The van der Waals surface area contributed by atoms with Crippen LogP contribution in [-0.2, 0) is 14.3 Å². The molecule has 1 aromatic carbocycles. The van der Waals surface area contributed by atoms with E-state index in [-0.39, 0.29) is 42.9 Å².